The van der Waals surface area contributed by atoms with Gasteiger partial charge in [-0.15, -0.1) is 0 Å². The lowest BCUT2D eigenvalue weighted by Crippen LogP contribution is -2.62. The van der Waals surface area contributed by atoms with E-state index in [-0.39, 0.29) is 24.0 Å². The number of esters is 1. The molecule has 0 aromatic heterocycles. The van der Waals surface area contributed by atoms with Crippen molar-refractivity contribution in [3.05, 3.63) is 12.2 Å². The molecular formula is C20H31NO3. The molecule has 2 atom stereocenters. The van der Waals surface area contributed by atoms with Crippen molar-refractivity contribution in [2.75, 3.05) is 6.54 Å². The Bertz CT molecular complexity index is 537. The van der Waals surface area contributed by atoms with Crippen molar-refractivity contribution in [2.45, 2.75) is 71.3 Å². The Morgan fingerprint density at radius 3 is 2.33 bits per heavy atom. The maximum atomic E-state index is 12.5. The monoisotopic (exact) mass is 333 g/mol. The third kappa shape index (κ3) is 3.00. The molecule has 4 fully saturated rings. The summed E-state index contributed by atoms with van der Waals surface area (Å²) < 4.78 is 6.15. The fourth-order valence-electron chi connectivity index (χ4n) is 6.02. The summed E-state index contributed by atoms with van der Waals surface area (Å²) in [5, 5.41) is 2.61. The zero-order chi connectivity index (χ0) is 17.5. The van der Waals surface area contributed by atoms with Gasteiger partial charge in [-0.3, -0.25) is 9.59 Å². The number of carbonyl (C=O) groups excluding carboxylic acids is 2. The van der Waals surface area contributed by atoms with Crippen molar-refractivity contribution < 1.29 is 14.3 Å². The quantitative estimate of drug-likeness (QED) is 0.597. The number of rotatable bonds is 6. The zero-order valence-electron chi connectivity index (χ0n) is 15.3. The zero-order valence-corrected chi connectivity index (χ0v) is 15.3. The minimum Gasteiger partial charge on any atom is -0.457 e. The van der Waals surface area contributed by atoms with Crippen LogP contribution in [0.1, 0.15) is 65.7 Å². The van der Waals surface area contributed by atoms with E-state index in [1.54, 1.807) is 6.92 Å². The van der Waals surface area contributed by atoms with Gasteiger partial charge in [0.25, 0.3) is 0 Å². The summed E-state index contributed by atoms with van der Waals surface area (Å²) in [6.07, 6.45) is 8.11. The van der Waals surface area contributed by atoms with Gasteiger partial charge >= 0.3 is 5.97 Å². The lowest BCUT2D eigenvalue weighted by atomic mass is 9.44. The Morgan fingerprint density at radius 1 is 1.21 bits per heavy atom. The number of hydrogen-bond donors (Lipinski definition) is 1. The molecular weight excluding hydrogens is 302 g/mol. The molecule has 0 spiro atoms. The van der Waals surface area contributed by atoms with Gasteiger partial charge < -0.3 is 10.1 Å². The molecule has 1 amide bonds. The van der Waals surface area contributed by atoms with Gasteiger partial charge in [0.15, 0.2) is 0 Å². The summed E-state index contributed by atoms with van der Waals surface area (Å²) >= 11 is 0. The van der Waals surface area contributed by atoms with Crippen LogP contribution in [0.3, 0.4) is 0 Å². The van der Waals surface area contributed by atoms with Gasteiger partial charge in [-0.1, -0.05) is 26.8 Å². The third-order valence-electron chi connectivity index (χ3n) is 6.60. The summed E-state index contributed by atoms with van der Waals surface area (Å²) in [4.78, 5) is 24.1. The van der Waals surface area contributed by atoms with Crippen molar-refractivity contribution in [1.29, 1.82) is 0 Å². The van der Waals surface area contributed by atoms with Gasteiger partial charge in [0.2, 0.25) is 5.91 Å². The van der Waals surface area contributed by atoms with Crippen LogP contribution in [0.15, 0.2) is 12.2 Å². The number of nitrogens with one attached hydrogen (secondary N) is 1. The van der Waals surface area contributed by atoms with E-state index in [1.165, 1.54) is 32.1 Å². The Kier molecular flexibility index (Phi) is 4.52. The molecule has 4 bridgehead atoms. The van der Waals surface area contributed by atoms with Gasteiger partial charge in [-0.25, -0.2) is 0 Å². The van der Waals surface area contributed by atoms with Gasteiger partial charge in [-0.2, -0.15) is 0 Å². The minimum atomic E-state index is -0.296. The average molecular weight is 333 g/mol. The second-order valence-corrected chi connectivity index (χ2v) is 8.80. The van der Waals surface area contributed by atoms with Crippen LogP contribution in [-0.4, -0.2) is 24.0 Å². The second-order valence-electron chi connectivity index (χ2n) is 8.80. The molecule has 4 rings (SSSR count). The van der Waals surface area contributed by atoms with Crippen LogP contribution in [0.25, 0.3) is 0 Å². The van der Waals surface area contributed by atoms with Gasteiger partial charge in [0, 0.05) is 5.57 Å². The molecule has 4 aliphatic rings. The fourth-order valence-corrected chi connectivity index (χ4v) is 6.02. The summed E-state index contributed by atoms with van der Waals surface area (Å²) in [7, 11) is 0. The lowest BCUT2D eigenvalue weighted by molar-refractivity contribution is -0.224. The first-order valence-corrected chi connectivity index (χ1v) is 9.43. The second kappa shape index (κ2) is 6.20. The van der Waals surface area contributed by atoms with Crippen molar-refractivity contribution in [3.8, 4) is 0 Å². The van der Waals surface area contributed by atoms with E-state index in [2.05, 4.69) is 25.7 Å². The normalized spacial score (nSPS) is 39.5. The fraction of sp³-hybridized carbons (Fsp3) is 0.800. The minimum absolute atomic E-state index is 0.0582. The molecule has 1 N–H and O–H groups in total. The Labute approximate surface area is 145 Å². The molecule has 4 saturated carbocycles. The molecule has 0 aromatic rings. The average Bonchev–Trinajstić information content (AvgIpc) is 2.48. The Morgan fingerprint density at radius 2 is 1.83 bits per heavy atom. The van der Waals surface area contributed by atoms with Crippen molar-refractivity contribution >= 4 is 11.9 Å². The maximum Gasteiger partial charge on any atom is 0.325 e. The molecule has 0 radical (unpaired) electrons. The molecule has 134 valence electrons. The highest BCUT2D eigenvalue weighted by molar-refractivity contribution is 5.94. The molecule has 4 nitrogen and oxygen atoms in total. The van der Waals surface area contributed by atoms with E-state index in [9.17, 15) is 9.59 Å². The van der Waals surface area contributed by atoms with Gasteiger partial charge in [0.1, 0.15) is 12.1 Å². The number of carbonyl (C=O) groups is 2. The predicted octanol–water partition coefficient (Wildman–Crippen LogP) is 3.61. The molecule has 0 aliphatic heterocycles. The Hall–Kier alpha value is -1.32. The summed E-state index contributed by atoms with van der Waals surface area (Å²) in [6, 6.07) is 0. The van der Waals surface area contributed by atoms with Gasteiger partial charge in [-0.05, 0) is 68.6 Å². The first-order chi connectivity index (χ1) is 11.3. The molecule has 0 heterocycles. The topological polar surface area (TPSA) is 55.4 Å². The van der Waals surface area contributed by atoms with E-state index in [0.717, 1.165) is 18.8 Å². The molecule has 4 heteroatoms. The van der Waals surface area contributed by atoms with E-state index in [4.69, 9.17) is 4.74 Å². The molecule has 0 saturated heterocycles. The van der Waals surface area contributed by atoms with Gasteiger partial charge in [0.05, 0.1) is 0 Å². The van der Waals surface area contributed by atoms with Crippen LogP contribution in [0, 0.1) is 23.2 Å². The SMILES string of the molecule is C=C(C)C(=O)NCC(=O)OC1(CCC)C2CC3CC1CC(C)(C3)C2. The first kappa shape index (κ1) is 17.5. The smallest absolute Gasteiger partial charge is 0.325 e. The highest BCUT2D eigenvalue weighted by Gasteiger charge is 2.62. The van der Waals surface area contributed by atoms with Crippen LogP contribution in [0.2, 0.25) is 0 Å². The van der Waals surface area contributed by atoms with Crippen molar-refractivity contribution in [2.24, 2.45) is 23.2 Å². The van der Waals surface area contributed by atoms with E-state index < -0.39 is 0 Å². The Balaban J connectivity index is 1.72. The highest BCUT2D eigenvalue weighted by Crippen LogP contribution is 2.65. The van der Waals surface area contributed by atoms with E-state index >= 15 is 0 Å². The molecule has 0 aromatic carbocycles. The summed E-state index contributed by atoms with van der Waals surface area (Å²) in [5.74, 6) is 1.23. The summed E-state index contributed by atoms with van der Waals surface area (Å²) in [6.45, 7) is 9.76. The highest BCUT2D eigenvalue weighted by atomic mass is 16.6. The van der Waals surface area contributed by atoms with Crippen molar-refractivity contribution in [1.82, 2.24) is 5.32 Å². The predicted molar refractivity (Wildman–Crippen MR) is 93.2 cm³/mol. The number of amides is 1. The van der Waals surface area contributed by atoms with Crippen LogP contribution in [0.4, 0.5) is 0 Å². The van der Waals surface area contributed by atoms with E-state index in [1.807, 2.05) is 0 Å². The molecule has 2 unspecified atom stereocenters. The van der Waals surface area contributed by atoms with Crippen LogP contribution in [-0.2, 0) is 14.3 Å². The summed E-state index contributed by atoms with van der Waals surface area (Å²) in [5.41, 5.74) is 0.568. The van der Waals surface area contributed by atoms with Crippen LogP contribution in [0.5, 0.6) is 0 Å². The van der Waals surface area contributed by atoms with Crippen molar-refractivity contribution in [3.63, 3.8) is 0 Å². The van der Waals surface area contributed by atoms with E-state index in [0.29, 0.717) is 22.8 Å². The third-order valence-corrected chi connectivity index (χ3v) is 6.60. The molecule has 24 heavy (non-hydrogen) atoms. The molecule has 4 aliphatic carbocycles. The number of hydrogen-bond acceptors (Lipinski definition) is 3. The first-order valence-electron chi connectivity index (χ1n) is 9.43. The van der Waals surface area contributed by atoms with Crippen LogP contribution < -0.4 is 5.32 Å². The standard InChI is InChI=1S/C20H31NO3/c1-5-6-20(24-17(22)12-21-18(23)13(2)3)15-7-14-8-16(20)11-19(4,9-14)10-15/h14-16H,2,5-12H2,1,3-4H3,(H,21,23). The largest absolute Gasteiger partial charge is 0.457 e. The number of ether oxygens (including phenoxy) is 1. The van der Waals surface area contributed by atoms with Crippen LogP contribution >= 0.6 is 0 Å². The maximum absolute atomic E-state index is 12.5. The lowest BCUT2D eigenvalue weighted by Gasteiger charge is -2.64.